The Labute approximate surface area is 128 Å². The lowest BCUT2D eigenvalue weighted by Crippen LogP contribution is -2.49. The number of halogens is 1. The van der Waals surface area contributed by atoms with Crippen LogP contribution < -0.4 is 4.90 Å². The third-order valence-electron chi connectivity index (χ3n) is 3.52. The van der Waals surface area contributed by atoms with Crippen molar-refractivity contribution in [1.82, 2.24) is 24.5 Å². The molecule has 3 rings (SSSR count). The second-order valence-corrected chi connectivity index (χ2v) is 5.37. The van der Waals surface area contributed by atoms with Crippen LogP contribution in [-0.4, -0.2) is 49.8 Å². The van der Waals surface area contributed by atoms with E-state index < -0.39 is 0 Å². The summed E-state index contributed by atoms with van der Waals surface area (Å²) in [6, 6.07) is 0.246. The molecular formula is C13H17ClN6O. The lowest BCUT2D eigenvalue weighted by Gasteiger charge is -2.38. The second kappa shape index (κ2) is 5.95. The Morgan fingerprint density at radius 3 is 2.86 bits per heavy atom. The molecule has 0 spiro atoms. The van der Waals surface area contributed by atoms with Crippen molar-refractivity contribution in [3.8, 4) is 5.95 Å². The van der Waals surface area contributed by atoms with Gasteiger partial charge in [-0.2, -0.15) is 15.0 Å². The van der Waals surface area contributed by atoms with Crippen LogP contribution >= 0.6 is 11.6 Å². The molecule has 7 nitrogen and oxygen atoms in total. The zero-order valence-electron chi connectivity index (χ0n) is 12.0. The van der Waals surface area contributed by atoms with E-state index in [1.165, 1.54) is 0 Å². The number of imidazole rings is 1. The third kappa shape index (κ3) is 2.98. The maximum Gasteiger partial charge on any atom is 0.241 e. The summed E-state index contributed by atoms with van der Waals surface area (Å²) in [7, 11) is 0. The van der Waals surface area contributed by atoms with Gasteiger partial charge in [0.1, 0.15) is 6.33 Å². The molecule has 0 amide bonds. The summed E-state index contributed by atoms with van der Waals surface area (Å²) in [6.45, 7) is 5.57. The Morgan fingerprint density at radius 1 is 1.33 bits per heavy atom. The molecule has 1 fully saturated rings. The van der Waals surface area contributed by atoms with E-state index in [4.69, 9.17) is 16.3 Å². The zero-order valence-corrected chi connectivity index (χ0v) is 12.7. The van der Waals surface area contributed by atoms with Gasteiger partial charge in [0.15, 0.2) is 0 Å². The van der Waals surface area contributed by atoms with Gasteiger partial charge in [-0.3, -0.25) is 4.57 Å². The van der Waals surface area contributed by atoms with Crippen molar-refractivity contribution in [2.45, 2.75) is 32.4 Å². The molecule has 21 heavy (non-hydrogen) atoms. The van der Waals surface area contributed by atoms with E-state index in [-0.39, 0.29) is 17.4 Å². The molecule has 0 bridgehead atoms. The molecule has 1 aliphatic rings. The Kier molecular flexibility index (Phi) is 4.03. The summed E-state index contributed by atoms with van der Waals surface area (Å²) in [6.07, 6.45) is 6.17. The summed E-state index contributed by atoms with van der Waals surface area (Å²) in [4.78, 5) is 19.1. The van der Waals surface area contributed by atoms with Crippen molar-refractivity contribution >= 4 is 17.5 Å². The number of morpholine rings is 1. The number of rotatable bonds is 3. The maximum absolute atomic E-state index is 6.06. The number of anilines is 1. The number of ether oxygens (including phenoxy) is 1. The number of nitrogens with zero attached hydrogens (tertiary/aromatic N) is 6. The van der Waals surface area contributed by atoms with E-state index in [0.29, 0.717) is 18.5 Å². The number of hydrogen-bond donors (Lipinski definition) is 0. The minimum Gasteiger partial charge on any atom is -0.375 e. The van der Waals surface area contributed by atoms with Crippen LogP contribution in [0.4, 0.5) is 5.95 Å². The van der Waals surface area contributed by atoms with Crippen LogP contribution in [0, 0.1) is 0 Å². The first-order valence-electron chi connectivity index (χ1n) is 6.95. The van der Waals surface area contributed by atoms with Gasteiger partial charge in [0.05, 0.1) is 18.8 Å². The topological polar surface area (TPSA) is 69.0 Å². The van der Waals surface area contributed by atoms with Crippen molar-refractivity contribution in [1.29, 1.82) is 0 Å². The standard InChI is InChI=1S/C13H17ClN6O/c1-3-10-7-21-9(2)6-20(10)13-17-11(14)16-12(18-13)19-5-4-15-8-19/h4-5,8-10H,3,6-7H2,1-2H3. The molecule has 3 heterocycles. The first-order valence-corrected chi connectivity index (χ1v) is 7.33. The Bertz CT molecular complexity index is 605. The molecule has 1 saturated heterocycles. The van der Waals surface area contributed by atoms with Crippen molar-refractivity contribution in [2.75, 3.05) is 18.1 Å². The fourth-order valence-corrected chi connectivity index (χ4v) is 2.53. The van der Waals surface area contributed by atoms with E-state index in [2.05, 4.69) is 31.8 Å². The number of hydrogen-bond acceptors (Lipinski definition) is 6. The van der Waals surface area contributed by atoms with Gasteiger partial charge in [0, 0.05) is 18.9 Å². The molecule has 2 unspecified atom stereocenters. The van der Waals surface area contributed by atoms with Crippen molar-refractivity contribution < 1.29 is 4.74 Å². The van der Waals surface area contributed by atoms with Gasteiger partial charge in [0.2, 0.25) is 17.2 Å². The molecule has 0 radical (unpaired) electrons. The summed E-state index contributed by atoms with van der Waals surface area (Å²) >= 11 is 6.06. The van der Waals surface area contributed by atoms with Gasteiger partial charge in [-0.15, -0.1) is 0 Å². The molecule has 8 heteroatoms. The summed E-state index contributed by atoms with van der Waals surface area (Å²) in [5, 5.41) is 0.178. The lowest BCUT2D eigenvalue weighted by atomic mass is 10.1. The number of aromatic nitrogens is 5. The van der Waals surface area contributed by atoms with E-state index in [0.717, 1.165) is 13.0 Å². The monoisotopic (exact) mass is 308 g/mol. The average Bonchev–Trinajstić information content (AvgIpc) is 3.01. The molecule has 112 valence electrons. The summed E-state index contributed by atoms with van der Waals surface area (Å²) < 4.78 is 7.41. The smallest absolute Gasteiger partial charge is 0.241 e. The van der Waals surface area contributed by atoms with Crippen molar-refractivity contribution in [3.63, 3.8) is 0 Å². The van der Waals surface area contributed by atoms with E-state index >= 15 is 0 Å². The van der Waals surface area contributed by atoms with Crippen LogP contribution in [-0.2, 0) is 4.74 Å². The highest BCUT2D eigenvalue weighted by atomic mass is 35.5. The molecule has 0 saturated carbocycles. The van der Waals surface area contributed by atoms with Gasteiger partial charge in [-0.25, -0.2) is 4.98 Å². The molecular weight excluding hydrogens is 292 g/mol. The Hall–Kier alpha value is -1.73. The second-order valence-electron chi connectivity index (χ2n) is 5.03. The molecule has 2 atom stereocenters. The van der Waals surface area contributed by atoms with E-state index in [1.54, 1.807) is 23.3 Å². The predicted molar refractivity (Wildman–Crippen MR) is 78.8 cm³/mol. The minimum absolute atomic E-state index is 0.139. The van der Waals surface area contributed by atoms with E-state index in [9.17, 15) is 0 Å². The average molecular weight is 309 g/mol. The highest BCUT2D eigenvalue weighted by Crippen LogP contribution is 2.21. The first kappa shape index (κ1) is 14.2. The van der Waals surface area contributed by atoms with Gasteiger partial charge in [-0.1, -0.05) is 6.92 Å². The van der Waals surface area contributed by atoms with Crippen LogP contribution in [0.25, 0.3) is 5.95 Å². The first-order chi connectivity index (χ1) is 10.2. The SMILES string of the molecule is CCC1COC(C)CN1c1nc(Cl)nc(-n2ccnc2)n1. The van der Waals surface area contributed by atoms with Crippen molar-refractivity contribution in [3.05, 3.63) is 24.0 Å². The largest absolute Gasteiger partial charge is 0.375 e. The Balaban J connectivity index is 1.97. The van der Waals surface area contributed by atoms with Gasteiger partial charge < -0.3 is 9.64 Å². The fraction of sp³-hybridized carbons (Fsp3) is 0.538. The van der Waals surface area contributed by atoms with E-state index in [1.807, 2.05) is 6.92 Å². The zero-order chi connectivity index (χ0) is 14.8. The molecule has 0 aliphatic carbocycles. The highest BCUT2D eigenvalue weighted by Gasteiger charge is 2.28. The van der Waals surface area contributed by atoms with Gasteiger partial charge >= 0.3 is 0 Å². The summed E-state index contributed by atoms with van der Waals surface area (Å²) in [5.74, 6) is 1.05. The molecule has 0 aromatic carbocycles. The molecule has 2 aromatic rings. The van der Waals surface area contributed by atoms with Crippen LogP contribution in [0.1, 0.15) is 20.3 Å². The highest BCUT2D eigenvalue weighted by molar-refractivity contribution is 6.28. The van der Waals surface area contributed by atoms with Crippen LogP contribution in [0.2, 0.25) is 5.28 Å². The lowest BCUT2D eigenvalue weighted by molar-refractivity contribution is 0.0292. The third-order valence-corrected chi connectivity index (χ3v) is 3.68. The van der Waals surface area contributed by atoms with Crippen LogP contribution in [0.3, 0.4) is 0 Å². The Morgan fingerprint density at radius 2 is 2.14 bits per heavy atom. The van der Waals surface area contributed by atoms with Gasteiger partial charge in [-0.05, 0) is 24.9 Å². The maximum atomic E-state index is 6.06. The summed E-state index contributed by atoms with van der Waals surface area (Å²) in [5.41, 5.74) is 0. The van der Waals surface area contributed by atoms with Crippen LogP contribution in [0.15, 0.2) is 18.7 Å². The van der Waals surface area contributed by atoms with Crippen molar-refractivity contribution in [2.24, 2.45) is 0 Å². The van der Waals surface area contributed by atoms with Crippen LogP contribution in [0.5, 0.6) is 0 Å². The molecule has 1 aliphatic heterocycles. The predicted octanol–water partition coefficient (Wildman–Crippen LogP) is 1.71. The normalized spacial score (nSPS) is 22.5. The quantitative estimate of drug-likeness (QED) is 0.860. The fourth-order valence-electron chi connectivity index (χ4n) is 2.38. The minimum atomic E-state index is 0.139. The van der Waals surface area contributed by atoms with Gasteiger partial charge in [0.25, 0.3) is 0 Å². The molecule has 2 aromatic heterocycles. The molecule has 0 N–H and O–H groups in total.